The zero-order valence-corrected chi connectivity index (χ0v) is 10.1. The lowest BCUT2D eigenvalue weighted by Crippen LogP contribution is -2.19. The maximum absolute atomic E-state index is 5.91. The molecule has 0 amide bonds. The van der Waals surface area contributed by atoms with Crippen LogP contribution in [0.15, 0.2) is 36.5 Å². The van der Waals surface area contributed by atoms with Gasteiger partial charge in [-0.1, -0.05) is 6.07 Å². The third-order valence-corrected chi connectivity index (χ3v) is 4.23. The molecule has 1 saturated carbocycles. The molecule has 3 heteroatoms. The van der Waals surface area contributed by atoms with Crippen LogP contribution in [0.2, 0.25) is 0 Å². The van der Waals surface area contributed by atoms with Gasteiger partial charge in [0.1, 0.15) is 5.65 Å². The lowest BCUT2D eigenvalue weighted by molar-refractivity contribution is 0.706. The molecule has 1 aliphatic rings. The maximum atomic E-state index is 5.91. The second-order valence-electron chi connectivity index (χ2n) is 5.27. The predicted octanol–water partition coefficient (Wildman–Crippen LogP) is 2.71. The molecule has 0 aliphatic heterocycles. The van der Waals surface area contributed by atoms with Gasteiger partial charge in [-0.25, -0.2) is 4.98 Å². The van der Waals surface area contributed by atoms with E-state index in [0.29, 0.717) is 0 Å². The molecule has 0 bridgehead atoms. The Labute approximate surface area is 105 Å². The molecule has 0 atom stereocenters. The first kappa shape index (κ1) is 10.1. The highest BCUT2D eigenvalue weighted by Gasteiger charge is 2.42. The van der Waals surface area contributed by atoms with E-state index in [1.54, 1.807) is 0 Å². The Hall–Kier alpha value is -1.87. The Morgan fingerprint density at radius 2 is 2.11 bits per heavy atom. The van der Waals surface area contributed by atoms with Crippen LogP contribution in [0.3, 0.4) is 0 Å². The van der Waals surface area contributed by atoms with Crippen molar-refractivity contribution in [2.75, 3.05) is 6.54 Å². The van der Waals surface area contributed by atoms with Gasteiger partial charge in [-0.15, -0.1) is 0 Å². The van der Waals surface area contributed by atoms with Crippen LogP contribution in [0.5, 0.6) is 0 Å². The number of rotatable bonds is 2. The largest absolute Gasteiger partial charge is 0.339 e. The highest BCUT2D eigenvalue weighted by Crippen LogP contribution is 2.48. The van der Waals surface area contributed by atoms with E-state index in [-0.39, 0.29) is 5.41 Å². The minimum absolute atomic E-state index is 0.250. The Bertz CT molecular complexity index is 738. The molecule has 3 aromatic rings. The van der Waals surface area contributed by atoms with Crippen LogP contribution < -0.4 is 5.73 Å². The minimum atomic E-state index is 0.250. The van der Waals surface area contributed by atoms with Crippen molar-refractivity contribution in [1.82, 2.24) is 9.97 Å². The fraction of sp³-hybridized carbons (Fsp3) is 0.267. The smallest absolute Gasteiger partial charge is 0.138 e. The number of hydrogen-bond donors (Lipinski definition) is 2. The second-order valence-corrected chi connectivity index (χ2v) is 5.27. The molecule has 3 nitrogen and oxygen atoms in total. The molecule has 1 aromatic carbocycles. The van der Waals surface area contributed by atoms with Crippen LogP contribution in [-0.2, 0) is 5.41 Å². The van der Waals surface area contributed by atoms with Crippen molar-refractivity contribution in [2.45, 2.75) is 18.3 Å². The van der Waals surface area contributed by atoms with E-state index in [4.69, 9.17) is 5.73 Å². The highest BCUT2D eigenvalue weighted by molar-refractivity contribution is 6.06. The summed E-state index contributed by atoms with van der Waals surface area (Å²) in [4.78, 5) is 7.72. The van der Waals surface area contributed by atoms with Crippen molar-refractivity contribution in [3.05, 3.63) is 42.1 Å². The number of aromatic nitrogens is 2. The van der Waals surface area contributed by atoms with Crippen molar-refractivity contribution >= 4 is 21.9 Å². The molecule has 2 heterocycles. The lowest BCUT2D eigenvalue weighted by atomic mass is 9.95. The molecule has 18 heavy (non-hydrogen) atoms. The first-order chi connectivity index (χ1) is 8.82. The summed E-state index contributed by atoms with van der Waals surface area (Å²) < 4.78 is 0. The average molecular weight is 237 g/mol. The number of fused-ring (bicyclic) bond motifs is 3. The Morgan fingerprint density at radius 1 is 1.22 bits per heavy atom. The summed E-state index contributed by atoms with van der Waals surface area (Å²) in [5.41, 5.74) is 9.65. The molecule has 0 saturated heterocycles. The van der Waals surface area contributed by atoms with Gasteiger partial charge in [0.15, 0.2) is 0 Å². The normalized spacial score (nSPS) is 17.4. The van der Waals surface area contributed by atoms with Crippen LogP contribution >= 0.6 is 0 Å². The molecule has 2 aromatic heterocycles. The first-order valence-electron chi connectivity index (χ1n) is 6.39. The Morgan fingerprint density at radius 3 is 2.89 bits per heavy atom. The van der Waals surface area contributed by atoms with Gasteiger partial charge in [0.2, 0.25) is 0 Å². The highest BCUT2D eigenvalue weighted by atomic mass is 14.8. The summed E-state index contributed by atoms with van der Waals surface area (Å²) >= 11 is 0. The van der Waals surface area contributed by atoms with Crippen molar-refractivity contribution in [1.29, 1.82) is 0 Å². The summed E-state index contributed by atoms with van der Waals surface area (Å²) in [6, 6.07) is 10.8. The maximum Gasteiger partial charge on any atom is 0.138 e. The van der Waals surface area contributed by atoms with Crippen LogP contribution in [0.25, 0.3) is 21.9 Å². The Kier molecular flexibility index (Phi) is 1.87. The van der Waals surface area contributed by atoms with Crippen molar-refractivity contribution in [3.8, 4) is 0 Å². The van der Waals surface area contributed by atoms with E-state index in [1.807, 2.05) is 12.3 Å². The summed E-state index contributed by atoms with van der Waals surface area (Å²) in [5, 5.41) is 2.46. The molecule has 0 radical (unpaired) electrons. The molecule has 90 valence electrons. The standard InChI is InChI=1S/C15H15N3/c16-9-15(5-6-15)10-3-4-13-12(8-10)11-2-1-7-17-14(11)18-13/h1-4,7-8H,5-6,9,16H2,(H,17,18). The number of hydrogen-bond acceptors (Lipinski definition) is 2. The monoisotopic (exact) mass is 237 g/mol. The van der Waals surface area contributed by atoms with E-state index >= 15 is 0 Å². The number of benzene rings is 1. The van der Waals surface area contributed by atoms with Gasteiger partial charge in [-0.2, -0.15) is 0 Å². The fourth-order valence-electron chi connectivity index (χ4n) is 2.82. The van der Waals surface area contributed by atoms with Crippen LogP contribution in [0, 0.1) is 0 Å². The minimum Gasteiger partial charge on any atom is -0.339 e. The number of H-pyrrole nitrogens is 1. The zero-order valence-electron chi connectivity index (χ0n) is 10.1. The molecule has 3 N–H and O–H groups in total. The van der Waals surface area contributed by atoms with E-state index in [9.17, 15) is 0 Å². The SMILES string of the molecule is NCC1(c2ccc3[nH]c4ncccc4c3c2)CC1. The van der Waals surface area contributed by atoms with Crippen LogP contribution in [-0.4, -0.2) is 16.5 Å². The summed E-state index contributed by atoms with van der Waals surface area (Å²) in [7, 11) is 0. The van der Waals surface area contributed by atoms with Gasteiger partial charge < -0.3 is 10.7 Å². The van der Waals surface area contributed by atoms with E-state index in [1.165, 1.54) is 29.2 Å². The van der Waals surface area contributed by atoms with E-state index < -0.39 is 0 Å². The number of pyridine rings is 1. The lowest BCUT2D eigenvalue weighted by Gasteiger charge is -2.12. The molecular formula is C15H15N3. The van der Waals surface area contributed by atoms with Gasteiger partial charge in [-0.05, 0) is 42.7 Å². The summed E-state index contributed by atoms with van der Waals surface area (Å²) in [6.07, 6.45) is 4.26. The number of nitrogens with zero attached hydrogens (tertiary/aromatic N) is 1. The quantitative estimate of drug-likeness (QED) is 0.720. The molecule has 0 spiro atoms. The second kappa shape index (κ2) is 3.33. The van der Waals surface area contributed by atoms with E-state index in [2.05, 4.69) is 34.2 Å². The third kappa shape index (κ3) is 1.25. The molecular weight excluding hydrogens is 222 g/mol. The number of aromatic amines is 1. The fourth-order valence-corrected chi connectivity index (χ4v) is 2.82. The third-order valence-electron chi connectivity index (χ3n) is 4.23. The van der Waals surface area contributed by atoms with Crippen molar-refractivity contribution in [2.24, 2.45) is 5.73 Å². The first-order valence-corrected chi connectivity index (χ1v) is 6.39. The topological polar surface area (TPSA) is 54.7 Å². The van der Waals surface area contributed by atoms with Crippen molar-refractivity contribution in [3.63, 3.8) is 0 Å². The Balaban J connectivity index is 2.01. The predicted molar refractivity (Wildman–Crippen MR) is 73.6 cm³/mol. The summed E-state index contributed by atoms with van der Waals surface area (Å²) in [5.74, 6) is 0. The molecule has 1 aliphatic carbocycles. The zero-order chi connectivity index (χ0) is 12.2. The van der Waals surface area contributed by atoms with E-state index in [0.717, 1.165) is 17.7 Å². The number of nitrogens with two attached hydrogens (primary N) is 1. The van der Waals surface area contributed by atoms with Gasteiger partial charge in [0.05, 0.1) is 0 Å². The van der Waals surface area contributed by atoms with Crippen LogP contribution in [0.1, 0.15) is 18.4 Å². The molecule has 4 rings (SSSR count). The average Bonchev–Trinajstić information content (AvgIpc) is 3.14. The molecule has 0 unspecified atom stereocenters. The van der Waals surface area contributed by atoms with Gasteiger partial charge in [-0.3, -0.25) is 0 Å². The van der Waals surface area contributed by atoms with Crippen molar-refractivity contribution < 1.29 is 0 Å². The molecule has 1 fully saturated rings. The number of nitrogens with one attached hydrogen (secondary N) is 1. The van der Waals surface area contributed by atoms with Gasteiger partial charge >= 0.3 is 0 Å². The van der Waals surface area contributed by atoms with Crippen LogP contribution in [0.4, 0.5) is 0 Å². The van der Waals surface area contributed by atoms with Gasteiger partial charge in [0, 0.05) is 34.4 Å². The van der Waals surface area contributed by atoms with Gasteiger partial charge in [0.25, 0.3) is 0 Å². The summed E-state index contributed by atoms with van der Waals surface area (Å²) in [6.45, 7) is 0.749.